The van der Waals surface area contributed by atoms with Crippen molar-refractivity contribution in [3.63, 3.8) is 0 Å². The molecule has 1 heterocycles. The van der Waals surface area contributed by atoms with Crippen LogP contribution in [0, 0.1) is 0 Å². The summed E-state index contributed by atoms with van der Waals surface area (Å²) in [5.74, 6) is 0. The summed E-state index contributed by atoms with van der Waals surface area (Å²) >= 11 is 0. The van der Waals surface area contributed by atoms with Crippen LogP contribution >= 0.6 is 7.14 Å². The van der Waals surface area contributed by atoms with Gasteiger partial charge in [0.05, 0.1) is 7.14 Å². The molecule has 0 aliphatic carbocycles. The van der Waals surface area contributed by atoms with Gasteiger partial charge in [-0.15, -0.1) is 0 Å². The van der Waals surface area contributed by atoms with Gasteiger partial charge in [0, 0.05) is 18.5 Å². The molecule has 1 rings (SSSR count). The van der Waals surface area contributed by atoms with Crippen molar-refractivity contribution >= 4 is 7.14 Å². The molecular weight excluding hydrogens is 143 g/mol. The lowest BCUT2D eigenvalue weighted by Crippen LogP contribution is -1.90. The Hall–Kier alpha value is 0.230. The van der Waals surface area contributed by atoms with Crippen molar-refractivity contribution in [1.82, 2.24) is 0 Å². The fourth-order valence-corrected chi connectivity index (χ4v) is 4.74. The SMILES string of the molecule is CCCCP1(=O)CCCC1. The van der Waals surface area contributed by atoms with E-state index in [0.29, 0.717) is 0 Å². The molecule has 0 saturated carbocycles. The molecule has 2 heteroatoms. The van der Waals surface area contributed by atoms with Gasteiger partial charge in [-0.1, -0.05) is 13.3 Å². The van der Waals surface area contributed by atoms with Crippen molar-refractivity contribution in [3.05, 3.63) is 0 Å². The topological polar surface area (TPSA) is 17.1 Å². The van der Waals surface area contributed by atoms with Crippen LogP contribution in [0.2, 0.25) is 0 Å². The summed E-state index contributed by atoms with van der Waals surface area (Å²) in [6, 6.07) is 0. The second kappa shape index (κ2) is 3.57. The van der Waals surface area contributed by atoms with Crippen LogP contribution in [0.15, 0.2) is 0 Å². The molecule has 60 valence electrons. The highest BCUT2D eigenvalue weighted by molar-refractivity contribution is 7.64. The molecule has 0 aromatic carbocycles. The predicted octanol–water partition coefficient (Wildman–Crippen LogP) is 2.94. The van der Waals surface area contributed by atoms with Crippen LogP contribution in [-0.2, 0) is 4.57 Å². The van der Waals surface area contributed by atoms with Gasteiger partial charge in [0.1, 0.15) is 0 Å². The molecule has 0 atom stereocenters. The Kier molecular flexibility index (Phi) is 2.97. The summed E-state index contributed by atoms with van der Waals surface area (Å²) in [5.41, 5.74) is 0. The van der Waals surface area contributed by atoms with Gasteiger partial charge in [-0.25, -0.2) is 0 Å². The van der Waals surface area contributed by atoms with Crippen molar-refractivity contribution in [2.75, 3.05) is 18.5 Å². The second-order valence-electron chi connectivity index (χ2n) is 3.29. The van der Waals surface area contributed by atoms with E-state index < -0.39 is 7.14 Å². The van der Waals surface area contributed by atoms with Gasteiger partial charge in [-0.2, -0.15) is 0 Å². The van der Waals surface area contributed by atoms with E-state index in [4.69, 9.17) is 0 Å². The summed E-state index contributed by atoms with van der Waals surface area (Å²) in [6.45, 7) is 2.17. The quantitative estimate of drug-likeness (QED) is 0.580. The first-order valence-corrected chi connectivity index (χ1v) is 6.60. The van der Waals surface area contributed by atoms with Crippen molar-refractivity contribution in [2.45, 2.75) is 32.6 Å². The van der Waals surface area contributed by atoms with Gasteiger partial charge < -0.3 is 4.57 Å². The molecule has 0 bridgehead atoms. The molecule has 0 amide bonds. The lowest BCUT2D eigenvalue weighted by Gasteiger charge is -2.08. The Morgan fingerprint density at radius 1 is 1.30 bits per heavy atom. The highest BCUT2D eigenvalue weighted by atomic mass is 31.2. The van der Waals surface area contributed by atoms with Gasteiger partial charge >= 0.3 is 0 Å². The average Bonchev–Trinajstić information content (AvgIpc) is 2.33. The lowest BCUT2D eigenvalue weighted by molar-refractivity contribution is 0.576. The van der Waals surface area contributed by atoms with E-state index in [1.807, 2.05) is 0 Å². The van der Waals surface area contributed by atoms with Crippen molar-refractivity contribution in [1.29, 1.82) is 0 Å². The Balaban J connectivity index is 2.29. The number of unbranched alkanes of at least 4 members (excludes halogenated alkanes) is 1. The molecule has 0 spiro atoms. The Bertz CT molecular complexity index is 132. The fraction of sp³-hybridized carbons (Fsp3) is 1.00. The van der Waals surface area contributed by atoms with E-state index in [1.54, 1.807) is 0 Å². The Labute approximate surface area is 63.6 Å². The maximum atomic E-state index is 11.8. The van der Waals surface area contributed by atoms with Crippen LogP contribution in [0.25, 0.3) is 0 Å². The normalized spacial score (nSPS) is 23.3. The highest BCUT2D eigenvalue weighted by Crippen LogP contribution is 2.52. The van der Waals surface area contributed by atoms with Crippen molar-refractivity contribution in [2.24, 2.45) is 0 Å². The fourth-order valence-electron chi connectivity index (χ4n) is 1.58. The molecule has 1 aliphatic heterocycles. The van der Waals surface area contributed by atoms with Crippen LogP contribution in [-0.4, -0.2) is 18.5 Å². The first-order valence-electron chi connectivity index (χ1n) is 4.34. The van der Waals surface area contributed by atoms with Crippen LogP contribution in [0.3, 0.4) is 0 Å². The predicted molar refractivity (Wildman–Crippen MR) is 46.3 cm³/mol. The standard InChI is InChI=1S/C8H17OP/c1-2-3-6-10(9)7-4-5-8-10/h2-8H2,1H3. The molecule has 1 aliphatic rings. The zero-order valence-corrected chi connectivity index (χ0v) is 7.70. The molecule has 10 heavy (non-hydrogen) atoms. The summed E-state index contributed by atoms with van der Waals surface area (Å²) in [7, 11) is -1.59. The Morgan fingerprint density at radius 3 is 2.40 bits per heavy atom. The number of hydrogen-bond acceptors (Lipinski definition) is 1. The minimum absolute atomic E-state index is 1.03. The molecule has 1 saturated heterocycles. The van der Waals surface area contributed by atoms with E-state index in [2.05, 4.69) is 6.92 Å². The molecule has 0 N–H and O–H groups in total. The maximum absolute atomic E-state index is 11.8. The lowest BCUT2D eigenvalue weighted by atomic mass is 10.4. The van der Waals surface area contributed by atoms with Gasteiger partial charge in [0.2, 0.25) is 0 Å². The van der Waals surface area contributed by atoms with E-state index in [-0.39, 0.29) is 0 Å². The van der Waals surface area contributed by atoms with Gasteiger partial charge in [0.15, 0.2) is 0 Å². The molecule has 0 aromatic rings. The van der Waals surface area contributed by atoms with Gasteiger partial charge in [-0.3, -0.25) is 0 Å². The molecule has 0 aromatic heterocycles. The molecule has 1 fully saturated rings. The Morgan fingerprint density at radius 2 is 1.90 bits per heavy atom. The molecule has 0 unspecified atom stereocenters. The van der Waals surface area contributed by atoms with Gasteiger partial charge in [0.25, 0.3) is 0 Å². The minimum Gasteiger partial charge on any atom is -0.324 e. The van der Waals surface area contributed by atoms with Gasteiger partial charge in [-0.05, 0) is 19.3 Å². The molecule has 0 radical (unpaired) electrons. The summed E-state index contributed by atoms with van der Waals surface area (Å²) in [6.07, 6.45) is 7.95. The van der Waals surface area contributed by atoms with E-state index in [0.717, 1.165) is 18.5 Å². The summed E-state index contributed by atoms with van der Waals surface area (Å²) in [5, 5.41) is 0. The smallest absolute Gasteiger partial charge is 0.0877 e. The van der Waals surface area contributed by atoms with Crippen LogP contribution in [0.1, 0.15) is 32.6 Å². The monoisotopic (exact) mass is 160 g/mol. The second-order valence-corrected chi connectivity index (χ2v) is 6.75. The zero-order chi connectivity index (χ0) is 7.45. The first kappa shape index (κ1) is 8.33. The van der Waals surface area contributed by atoms with Crippen LogP contribution < -0.4 is 0 Å². The van der Waals surface area contributed by atoms with Crippen molar-refractivity contribution in [3.8, 4) is 0 Å². The summed E-state index contributed by atoms with van der Waals surface area (Å²) in [4.78, 5) is 0. The molecular formula is C8H17OP. The van der Waals surface area contributed by atoms with E-state index in [9.17, 15) is 4.57 Å². The van der Waals surface area contributed by atoms with Crippen molar-refractivity contribution < 1.29 is 4.57 Å². The third kappa shape index (κ3) is 2.12. The average molecular weight is 160 g/mol. The summed E-state index contributed by atoms with van der Waals surface area (Å²) < 4.78 is 11.8. The zero-order valence-electron chi connectivity index (χ0n) is 6.81. The number of rotatable bonds is 3. The molecule has 1 nitrogen and oxygen atoms in total. The van der Waals surface area contributed by atoms with Crippen LogP contribution in [0.4, 0.5) is 0 Å². The third-order valence-corrected chi connectivity index (χ3v) is 5.69. The van der Waals surface area contributed by atoms with Crippen LogP contribution in [0.5, 0.6) is 0 Å². The maximum Gasteiger partial charge on any atom is 0.0877 e. The third-order valence-electron chi connectivity index (χ3n) is 2.30. The highest BCUT2D eigenvalue weighted by Gasteiger charge is 2.25. The number of hydrogen-bond donors (Lipinski definition) is 0. The van der Waals surface area contributed by atoms with E-state index >= 15 is 0 Å². The minimum atomic E-state index is -1.59. The van der Waals surface area contributed by atoms with E-state index in [1.165, 1.54) is 25.7 Å². The first-order chi connectivity index (χ1) is 4.77. The largest absolute Gasteiger partial charge is 0.324 e.